The molecular weight excluding hydrogens is 248 g/mol. The fraction of sp³-hybridized carbons (Fsp3) is 0.333. The molecule has 1 aliphatic rings. The zero-order valence-electron chi connectivity index (χ0n) is 10.1. The first-order chi connectivity index (χ1) is 9.36. The molecule has 0 radical (unpaired) electrons. The first kappa shape index (κ1) is 11.8. The summed E-state index contributed by atoms with van der Waals surface area (Å²) >= 11 is 0. The molecule has 7 nitrogen and oxygen atoms in total. The maximum atomic E-state index is 12.4. The second kappa shape index (κ2) is 5.15. The topological polar surface area (TPSA) is 81.4 Å². The van der Waals surface area contributed by atoms with Crippen LogP contribution in [0.3, 0.4) is 0 Å². The van der Waals surface area contributed by atoms with Gasteiger partial charge in [-0.15, -0.1) is 0 Å². The summed E-state index contributed by atoms with van der Waals surface area (Å²) < 4.78 is 10.4. The van der Waals surface area contributed by atoms with Crippen LogP contribution in [0.1, 0.15) is 22.3 Å². The summed E-state index contributed by atoms with van der Waals surface area (Å²) in [5.74, 6) is 0.275. The van der Waals surface area contributed by atoms with Gasteiger partial charge in [0.15, 0.2) is 6.33 Å². The van der Waals surface area contributed by atoms with E-state index in [2.05, 4.69) is 15.1 Å². The van der Waals surface area contributed by atoms with Crippen molar-refractivity contribution in [3.05, 3.63) is 42.3 Å². The average molecular weight is 260 g/mol. The van der Waals surface area contributed by atoms with Crippen LogP contribution in [0.4, 0.5) is 0 Å². The molecule has 1 fully saturated rings. The molecule has 0 bridgehead atoms. The first-order valence-electron chi connectivity index (χ1n) is 5.91. The van der Waals surface area contributed by atoms with Crippen molar-refractivity contribution in [2.24, 2.45) is 0 Å². The Bertz CT molecular complexity index is 543. The third-order valence-electron chi connectivity index (χ3n) is 2.96. The van der Waals surface area contributed by atoms with E-state index in [1.807, 2.05) is 0 Å². The Kier molecular flexibility index (Phi) is 3.20. The van der Waals surface area contributed by atoms with Gasteiger partial charge >= 0.3 is 0 Å². The number of carbonyl (C=O) groups excluding carboxylic acids is 1. The Morgan fingerprint density at radius 3 is 3.16 bits per heavy atom. The van der Waals surface area contributed by atoms with Gasteiger partial charge in [-0.3, -0.25) is 9.78 Å². The molecule has 1 saturated heterocycles. The Labute approximate surface area is 109 Å². The van der Waals surface area contributed by atoms with E-state index in [0.29, 0.717) is 31.2 Å². The highest BCUT2D eigenvalue weighted by Crippen LogP contribution is 2.23. The van der Waals surface area contributed by atoms with Crippen LogP contribution in [0.2, 0.25) is 0 Å². The van der Waals surface area contributed by atoms with E-state index in [1.54, 1.807) is 29.4 Å². The van der Waals surface area contributed by atoms with E-state index in [1.165, 1.54) is 6.33 Å². The molecule has 1 atom stereocenters. The zero-order chi connectivity index (χ0) is 13.1. The second-order valence-corrected chi connectivity index (χ2v) is 4.11. The van der Waals surface area contributed by atoms with Crippen LogP contribution < -0.4 is 0 Å². The molecule has 3 heterocycles. The van der Waals surface area contributed by atoms with Crippen molar-refractivity contribution < 1.29 is 14.1 Å². The molecule has 0 spiro atoms. The molecule has 19 heavy (non-hydrogen) atoms. The van der Waals surface area contributed by atoms with Crippen molar-refractivity contribution >= 4 is 5.91 Å². The maximum absolute atomic E-state index is 12.4. The fourth-order valence-corrected chi connectivity index (χ4v) is 2.03. The number of nitrogens with zero attached hydrogens (tertiary/aromatic N) is 4. The van der Waals surface area contributed by atoms with Crippen LogP contribution in [0, 0.1) is 0 Å². The molecule has 2 aromatic heterocycles. The van der Waals surface area contributed by atoms with Crippen LogP contribution in [-0.2, 0) is 4.74 Å². The lowest BCUT2D eigenvalue weighted by Gasteiger charge is -2.33. The Morgan fingerprint density at radius 2 is 2.42 bits per heavy atom. The number of rotatable bonds is 2. The highest BCUT2D eigenvalue weighted by Gasteiger charge is 2.32. The smallest absolute Gasteiger partial charge is 0.256 e. The summed E-state index contributed by atoms with van der Waals surface area (Å²) in [5, 5.41) is 3.57. The van der Waals surface area contributed by atoms with Crippen molar-refractivity contribution in [1.82, 2.24) is 20.0 Å². The van der Waals surface area contributed by atoms with Crippen LogP contribution in [-0.4, -0.2) is 45.7 Å². The Morgan fingerprint density at radius 1 is 1.47 bits per heavy atom. The van der Waals surface area contributed by atoms with Gasteiger partial charge in [-0.05, 0) is 12.1 Å². The molecule has 98 valence electrons. The van der Waals surface area contributed by atoms with Crippen LogP contribution in [0.5, 0.6) is 0 Å². The number of aromatic nitrogens is 3. The van der Waals surface area contributed by atoms with Gasteiger partial charge in [0.2, 0.25) is 0 Å². The predicted octanol–water partition coefficient (Wildman–Crippen LogP) is 0.678. The number of ether oxygens (including phenoxy) is 1. The lowest BCUT2D eigenvalue weighted by molar-refractivity contribution is -0.0119. The highest BCUT2D eigenvalue weighted by atomic mass is 16.5. The molecule has 2 aromatic rings. The van der Waals surface area contributed by atoms with E-state index in [-0.39, 0.29) is 11.9 Å². The maximum Gasteiger partial charge on any atom is 0.256 e. The van der Waals surface area contributed by atoms with E-state index in [9.17, 15) is 4.79 Å². The standard InChI is InChI=1S/C12H12N4O3/c17-12(9-2-1-3-13-6-9)16-4-5-18-7-10(16)11-14-8-15-19-11/h1-3,6,8,10H,4-5,7H2/t10-/m0/s1. The van der Waals surface area contributed by atoms with E-state index in [4.69, 9.17) is 9.26 Å². The van der Waals surface area contributed by atoms with Gasteiger partial charge in [-0.1, -0.05) is 5.16 Å². The predicted molar refractivity (Wildman–Crippen MR) is 63.1 cm³/mol. The summed E-state index contributed by atoms with van der Waals surface area (Å²) in [7, 11) is 0. The molecule has 3 rings (SSSR count). The van der Waals surface area contributed by atoms with Crippen molar-refractivity contribution in [2.75, 3.05) is 19.8 Å². The Hall–Kier alpha value is -2.28. The third-order valence-corrected chi connectivity index (χ3v) is 2.96. The normalized spacial score (nSPS) is 19.4. The zero-order valence-corrected chi connectivity index (χ0v) is 10.1. The molecule has 7 heteroatoms. The summed E-state index contributed by atoms with van der Waals surface area (Å²) in [6.45, 7) is 1.34. The lowest BCUT2D eigenvalue weighted by Crippen LogP contribution is -2.43. The van der Waals surface area contributed by atoms with Crippen LogP contribution in [0.15, 0.2) is 35.4 Å². The molecule has 0 aliphatic carbocycles. The third kappa shape index (κ3) is 2.32. The summed E-state index contributed by atoms with van der Waals surface area (Å²) in [5.41, 5.74) is 0.536. The molecule has 1 amide bonds. The number of hydrogen-bond acceptors (Lipinski definition) is 6. The molecule has 0 aromatic carbocycles. The minimum absolute atomic E-state index is 0.111. The van der Waals surface area contributed by atoms with Crippen LogP contribution >= 0.6 is 0 Å². The van der Waals surface area contributed by atoms with E-state index in [0.717, 1.165) is 0 Å². The first-order valence-corrected chi connectivity index (χ1v) is 5.91. The molecule has 0 saturated carbocycles. The monoisotopic (exact) mass is 260 g/mol. The molecule has 1 aliphatic heterocycles. The van der Waals surface area contributed by atoms with Gasteiger partial charge in [-0.2, -0.15) is 4.98 Å². The van der Waals surface area contributed by atoms with E-state index < -0.39 is 0 Å². The molecule has 0 unspecified atom stereocenters. The largest absolute Gasteiger partial charge is 0.377 e. The van der Waals surface area contributed by atoms with Gasteiger partial charge in [0.1, 0.15) is 6.04 Å². The average Bonchev–Trinajstić information content (AvgIpc) is 3.01. The fourth-order valence-electron chi connectivity index (χ4n) is 2.03. The summed E-state index contributed by atoms with van der Waals surface area (Å²) in [6, 6.07) is 3.12. The number of carbonyl (C=O) groups is 1. The van der Waals surface area contributed by atoms with Crippen molar-refractivity contribution in [3.8, 4) is 0 Å². The minimum Gasteiger partial charge on any atom is -0.377 e. The second-order valence-electron chi connectivity index (χ2n) is 4.11. The Balaban J connectivity index is 1.87. The van der Waals surface area contributed by atoms with Crippen molar-refractivity contribution in [2.45, 2.75) is 6.04 Å². The number of hydrogen-bond donors (Lipinski definition) is 0. The number of amides is 1. The van der Waals surface area contributed by atoms with Gasteiger partial charge < -0.3 is 14.2 Å². The number of pyridine rings is 1. The van der Waals surface area contributed by atoms with Crippen LogP contribution in [0.25, 0.3) is 0 Å². The quantitative estimate of drug-likeness (QED) is 0.789. The number of morpholine rings is 1. The van der Waals surface area contributed by atoms with Gasteiger partial charge in [0.05, 0.1) is 18.8 Å². The molecule has 0 N–H and O–H groups in total. The summed E-state index contributed by atoms with van der Waals surface area (Å²) in [6.07, 6.45) is 4.49. The van der Waals surface area contributed by atoms with Gasteiger partial charge in [0.25, 0.3) is 11.8 Å². The van der Waals surface area contributed by atoms with Crippen molar-refractivity contribution in [3.63, 3.8) is 0 Å². The van der Waals surface area contributed by atoms with Gasteiger partial charge in [-0.25, -0.2) is 0 Å². The van der Waals surface area contributed by atoms with Crippen molar-refractivity contribution in [1.29, 1.82) is 0 Å². The SMILES string of the molecule is O=C(c1cccnc1)N1CCOC[C@H]1c1ncno1. The lowest BCUT2D eigenvalue weighted by atomic mass is 10.1. The van der Waals surface area contributed by atoms with Gasteiger partial charge in [0, 0.05) is 18.9 Å². The van der Waals surface area contributed by atoms with E-state index >= 15 is 0 Å². The minimum atomic E-state index is -0.344. The molecular formula is C12H12N4O3. The highest BCUT2D eigenvalue weighted by molar-refractivity contribution is 5.94. The summed E-state index contributed by atoms with van der Waals surface area (Å²) in [4.78, 5) is 22.1.